The molecule has 0 saturated carbocycles. The highest BCUT2D eigenvalue weighted by Crippen LogP contribution is 2.08. The van der Waals surface area contributed by atoms with Crippen molar-refractivity contribution < 1.29 is 14.7 Å². The minimum Gasteiger partial charge on any atom is -0.481 e. The Bertz CT molecular complexity index is 392. The molecule has 0 fully saturated rings. The molecule has 0 aromatic heterocycles. The van der Waals surface area contributed by atoms with Crippen molar-refractivity contribution in [3.05, 3.63) is 34.9 Å². The summed E-state index contributed by atoms with van der Waals surface area (Å²) in [6.07, 6.45) is -0.0889. The van der Waals surface area contributed by atoms with E-state index in [0.29, 0.717) is 11.6 Å². The van der Waals surface area contributed by atoms with Gasteiger partial charge in [-0.3, -0.25) is 4.79 Å². The number of nitrogens with one attached hydrogen (secondary N) is 2. The Morgan fingerprint density at radius 1 is 1.18 bits per heavy atom. The standard InChI is InChI=1S/C11H13ClN2O3/c12-9-3-1-8(2-4-9)7-14-11(17)13-6-5-10(15)16/h1-4H,5-7H2,(H,15,16)(H2,13,14,17). The van der Waals surface area contributed by atoms with Crippen molar-refractivity contribution in [3.8, 4) is 0 Å². The summed E-state index contributed by atoms with van der Waals surface area (Å²) in [5.41, 5.74) is 0.919. The predicted molar refractivity (Wildman–Crippen MR) is 63.9 cm³/mol. The van der Waals surface area contributed by atoms with Gasteiger partial charge >= 0.3 is 12.0 Å². The van der Waals surface area contributed by atoms with E-state index in [1.54, 1.807) is 24.3 Å². The zero-order valence-electron chi connectivity index (χ0n) is 9.07. The van der Waals surface area contributed by atoms with Crippen LogP contribution in [-0.2, 0) is 11.3 Å². The van der Waals surface area contributed by atoms with Crippen molar-refractivity contribution in [2.24, 2.45) is 0 Å². The Morgan fingerprint density at radius 2 is 1.82 bits per heavy atom. The van der Waals surface area contributed by atoms with Crippen LogP contribution in [0.4, 0.5) is 4.79 Å². The lowest BCUT2D eigenvalue weighted by atomic mass is 10.2. The minimum atomic E-state index is -0.942. The van der Waals surface area contributed by atoms with Gasteiger partial charge in [-0.15, -0.1) is 0 Å². The molecule has 92 valence electrons. The Hall–Kier alpha value is -1.75. The largest absolute Gasteiger partial charge is 0.481 e. The van der Waals surface area contributed by atoms with Gasteiger partial charge in [0.05, 0.1) is 6.42 Å². The van der Waals surface area contributed by atoms with Gasteiger partial charge in [-0.05, 0) is 17.7 Å². The van der Waals surface area contributed by atoms with E-state index in [1.165, 1.54) is 0 Å². The minimum absolute atomic E-state index is 0.0889. The Balaban J connectivity index is 2.23. The van der Waals surface area contributed by atoms with Crippen molar-refractivity contribution in [1.29, 1.82) is 0 Å². The molecule has 0 saturated heterocycles. The second-order valence-electron chi connectivity index (χ2n) is 3.38. The number of carboxylic acids is 1. The van der Waals surface area contributed by atoms with E-state index in [1.807, 2.05) is 0 Å². The number of halogens is 1. The van der Waals surface area contributed by atoms with Crippen LogP contribution in [0.25, 0.3) is 0 Å². The molecule has 1 aromatic carbocycles. The summed E-state index contributed by atoms with van der Waals surface area (Å²) in [7, 11) is 0. The fourth-order valence-electron chi connectivity index (χ4n) is 1.13. The van der Waals surface area contributed by atoms with E-state index in [2.05, 4.69) is 10.6 Å². The van der Waals surface area contributed by atoms with E-state index in [0.717, 1.165) is 5.56 Å². The highest BCUT2D eigenvalue weighted by atomic mass is 35.5. The van der Waals surface area contributed by atoms with Crippen LogP contribution in [-0.4, -0.2) is 23.7 Å². The summed E-state index contributed by atoms with van der Waals surface area (Å²) in [4.78, 5) is 21.4. The van der Waals surface area contributed by atoms with Gasteiger partial charge in [-0.1, -0.05) is 23.7 Å². The van der Waals surface area contributed by atoms with E-state index in [9.17, 15) is 9.59 Å². The van der Waals surface area contributed by atoms with Crippen molar-refractivity contribution in [3.63, 3.8) is 0 Å². The van der Waals surface area contributed by atoms with Crippen LogP contribution in [0.5, 0.6) is 0 Å². The number of carboxylic acid groups (broad SMARTS) is 1. The summed E-state index contributed by atoms with van der Waals surface area (Å²) in [5.74, 6) is -0.942. The maximum absolute atomic E-state index is 11.2. The van der Waals surface area contributed by atoms with Crippen molar-refractivity contribution in [2.75, 3.05) is 6.54 Å². The third-order valence-corrected chi connectivity index (χ3v) is 2.24. The first-order valence-electron chi connectivity index (χ1n) is 5.06. The number of hydrogen-bond acceptors (Lipinski definition) is 2. The fourth-order valence-corrected chi connectivity index (χ4v) is 1.26. The number of hydrogen-bond donors (Lipinski definition) is 3. The topological polar surface area (TPSA) is 78.4 Å². The lowest BCUT2D eigenvalue weighted by molar-refractivity contribution is -0.136. The zero-order chi connectivity index (χ0) is 12.7. The molecule has 6 heteroatoms. The Kier molecular flexibility index (Phi) is 5.29. The fraction of sp³-hybridized carbons (Fsp3) is 0.273. The van der Waals surface area contributed by atoms with Crippen LogP contribution in [0, 0.1) is 0 Å². The lowest BCUT2D eigenvalue weighted by Gasteiger charge is -2.06. The molecule has 3 N–H and O–H groups in total. The first-order chi connectivity index (χ1) is 8.08. The van der Waals surface area contributed by atoms with Crippen LogP contribution >= 0.6 is 11.6 Å². The van der Waals surface area contributed by atoms with Gasteiger partial charge in [-0.2, -0.15) is 0 Å². The monoisotopic (exact) mass is 256 g/mol. The third kappa shape index (κ3) is 5.77. The first kappa shape index (κ1) is 13.3. The lowest BCUT2D eigenvalue weighted by Crippen LogP contribution is -2.36. The number of carbonyl (C=O) groups is 2. The number of aliphatic carboxylic acids is 1. The Labute approximate surface area is 104 Å². The molecule has 2 amide bonds. The Morgan fingerprint density at radius 3 is 2.41 bits per heavy atom. The number of rotatable bonds is 5. The molecule has 0 aliphatic heterocycles. The number of carbonyl (C=O) groups excluding carboxylic acids is 1. The first-order valence-corrected chi connectivity index (χ1v) is 5.43. The molecule has 0 spiro atoms. The molecular weight excluding hydrogens is 244 g/mol. The van der Waals surface area contributed by atoms with Gasteiger partial charge in [0.25, 0.3) is 0 Å². The van der Waals surface area contributed by atoms with Crippen LogP contribution < -0.4 is 10.6 Å². The average Bonchev–Trinajstić information content (AvgIpc) is 2.28. The van der Waals surface area contributed by atoms with E-state index in [-0.39, 0.29) is 19.0 Å². The van der Waals surface area contributed by atoms with Crippen molar-refractivity contribution >= 4 is 23.6 Å². The molecule has 0 radical (unpaired) electrons. The van der Waals surface area contributed by atoms with Crippen molar-refractivity contribution in [2.45, 2.75) is 13.0 Å². The molecule has 0 heterocycles. The number of urea groups is 1. The van der Waals surface area contributed by atoms with Crippen LogP contribution in [0.1, 0.15) is 12.0 Å². The van der Waals surface area contributed by atoms with Gasteiger partial charge < -0.3 is 15.7 Å². The van der Waals surface area contributed by atoms with Crippen molar-refractivity contribution in [1.82, 2.24) is 10.6 Å². The highest BCUT2D eigenvalue weighted by Gasteiger charge is 2.01. The molecule has 0 unspecified atom stereocenters. The number of amides is 2. The average molecular weight is 257 g/mol. The number of benzene rings is 1. The molecule has 1 aromatic rings. The summed E-state index contributed by atoms with van der Waals surface area (Å²) in [6.45, 7) is 0.484. The molecule has 17 heavy (non-hydrogen) atoms. The van der Waals surface area contributed by atoms with Gasteiger partial charge in [0.1, 0.15) is 0 Å². The molecule has 5 nitrogen and oxygen atoms in total. The van der Waals surface area contributed by atoms with Crippen LogP contribution in [0.15, 0.2) is 24.3 Å². The van der Waals surface area contributed by atoms with E-state index < -0.39 is 5.97 Å². The zero-order valence-corrected chi connectivity index (χ0v) is 9.83. The molecule has 0 bridgehead atoms. The molecule has 0 atom stereocenters. The summed E-state index contributed by atoms with van der Waals surface area (Å²) in [5, 5.41) is 14.1. The second kappa shape index (κ2) is 6.75. The summed E-state index contributed by atoms with van der Waals surface area (Å²) in [6, 6.07) is 6.70. The maximum atomic E-state index is 11.2. The second-order valence-corrected chi connectivity index (χ2v) is 3.82. The van der Waals surface area contributed by atoms with E-state index in [4.69, 9.17) is 16.7 Å². The third-order valence-electron chi connectivity index (χ3n) is 1.99. The highest BCUT2D eigenvalue weighted by molar-refractivity contribution is 6.30. The van der Waals surface area contributed by atoms with E-state index >= 15 is 0 Å². The van der Waals surface area contributed by atoms with Gasteiger partial charge in [-0.25, -0.2) is 4.79 Å². The molecule has 1 rings (SSSR count). The van der Waals surface area contributed by atoms with Crippen LogP contribution in [0.3, 0.4) is 0 Å². The maximum Gasteiger partial charge on any atom is 0.315 e. The van der Waals surface area contributed by atoms with Crippen LogP contribution in [0.2, 0.25) is 5.02 Å². The quantitative estimate of drug-likeness (QED) is 0.749. The summed E-state index contributed by atoms with van der Waals surface area (Å²) < 4.78 is 0. The normalized spacial score (nSPS) is 9.71. The van der Waals surface area contributed by atoms with Gasteiger partial charge in [0.15, 0.2) is 0 Å². The summed E-state index contributed by atoms with van der Waals surface area (Å²) >= 11 is 5.72. The molecular formula is C11H13ClN2O3. The molecule has 0 aliphatic rings. The predicted octanol–water partition coefficient (Wildman–Crippen LogP) is 1.61. The SMILES string of the molecule is O=C(O)CCNC(=O)NCc1ccc(Cl)cc1. The smallest absolute Gasteiger partial charge is 0.315 e. The molecule has 0 aliphatic carbocycles. The van der Waals surface area contributed by atoms with Gasteiger partial charge in [0, 0.05) is 18.1 Å². The van der Waals surface area contributed by atoms with Gasteiger partial charge in [0.2, 0.25) is 0 Å².